The highest BCUT2D eigenvalue weighted by molar-refractivity contribution is 5.92. The maximum atomic E-state index is 12.4. The Labute approximate surface area is 118 Å². The normalized spacial score (nSPS) is 22.9. The lowest BCUT2D eigenvalue weighted by atomic mass is 9.96. The van der Waals surface area contributed by atoms with Crippen LogP contribution in [0.2, 0.25) is 0 Å². The second-order valence-corrected chi connectivity index (χ2v) is 5.36. The number of aryl methyl sites for hydroxylation is 1. The van der Waals surface area contributed by atoms with E-state index in [9.17, 15) is 14.7 Å². The lowest BCUT2D eigenvalue weighted by molar-refractivity contribution is 0.0292. The Balaban J connectivity index is 2.17. The Bertz CT molecular complexity index is 541. The summed E-state index contributed by atoms with van der Waals surface area (Å²) in [6, 6.07) is 2.87. The van der Waals surface area contributed by atoms with Crippen LogP contribution in [0.5, 0.6) is 0 Å². The summed E-state index contributed by atoms with van der Waals surface area (Å²) in [6.45, 7) is 5.44. The molecule has 1 fully saturated rings. The minimum absolute atomic E-state index is 0.0641. The van der Waals surface area contributed by atoms with Crippen LogP contribution < -0.4 is 5.56 Å². The number of piperidine rings is 1. The standard InChI is InChI=1S/C14H21N3O3/c1-3-7-17-13(19)5-4-11(15-17)14(20)16-8-6-12(18)10(2)9-16/h4-5,10,12,18H,3,6-9H2,1-2H3. The number of carbonyl (C=O) groups excluding carboxylic acids is 1. The van der Waals surface area contributed by atoms with E-state index in [0.29, 0.717) is 31.7 Å². The van der Waals surface area contributed by atoms with Crippen LogP contribution in [0.25, 0.3) is 0 Å². The lowest BCUT2D eigenvalue weighted by Gasteiger charge is -2.34. The quantitative estimate of drug-likeness (QED) is 0.874. The number of aliphatic hydroxyl groups excluding tert-OH is 1. The zero-order valence-electron chi connectivity index (χ0n) is 12.0. The molecule has 1 aromatic rings. The topological polar surface area (TPSA) is 75.4 Å². The van der Waals surface area contributed by atoms with Gasteiger partial charge >= 0.3 is 0 Å². The number of likely N-dealkylation sites (tertiary alicyclic amines) is 1. The Morgan fingerprint density at radius 3 is 2.90 bits per heavy atom. The minimum Gasteiger partial charge on any atom is -0.393 e. The predicted molar refractivity (Wildman–Crippen MR) is 74.5 cm³/mol. The molecule has 1 aliphatic heterocycles. The van der Waals surface area contributed by atoms with Gasteiger partial charge in [0.1, 0.15) is 5.69 Å². The van der Waals surface area contributed by atoms with E-state index in [-0.39, 0.29) is 23.5 Å². The molecular weight excluding hydrogens is 258 g/mol. The summed E-state index contributed by atoms with van der Waals surface area (Å²) in [5, 5.41) is 13.8. The molecule has 110 valence electrons. The van der Waals surface area contributed by atoms with Crippen molar-refractivity contribution in [2.24, 2.45) is 5.92 Å². The molecule has 2 rings (SSSR count). The van der Waals surface area contributed by atoms with Crippen molar-refractivity contribution in [1.29, 1.82) is 0 Å². The van der Waals surface area contributed by atoms with Gasteiger partial charge in [0.15, 0.2) is 0 Å². The van der Waals surface area contributed by atoms with Crippen molar-refractivity contribution < 1.29 is 9.90 Å². The molecule has 20 heavy (non-hydrogen) atoms. The third-order valence-corrected chi connectivity index (χ3v) is 3.67. The third kappa shape index (κ3) is 3.07. The summed E-state index contributed by atoms with van der Waals surface area (Å²) >= 11 is 0. The molecule has 1 N–H and O–H groups in total. The summed E-state index contributed by atoms with van der Waals surface area (Å²) in [6.07, 6.45) is 1.03. The minimum atomic E-state index is -0.346. The fraction of sp³-hybridized carbons (Fsp3) is 0.643. The first kappa shape index (κ1) is 14.7. The molecule has 2 heterocycles. The average molecular weight is 279 g/mol. The van der Waals surface area contributed by atoms with Gasteiger partial charge in [0.25, 0.3) is 11.5 Å². The first-order valence-electron chi connectivity index (χ1n) is 7.08. The summed E-state index contributed by atoms with van der Waals surface area (Å²) in [4.78, 5) is 25.7. The van der Waals surface area contributed by atoms with Crippen molar-refractivity contribution in [3.05, 3.63) is 28.2 Å². The fourth-order valence-corrected chi connectivity index (χ4v) is 2.41. The molecule has 0 bridgehead atoms. The van der Waals surface area contributed by atoms with E-state index in [0.717, 1.165) is 6.42 Å². The summed E-state index contributed by atoms with van der Waals surface area (Å²) in [5.41, 5.74) is 0.104. The average Bonchev–Trinajstić information content (AvgIpc) is 2.44. The van der Waals surface area contributed by atoms with Crippen LogP contribution in [0.3, 0.4) is 0 Å². The molecule has 1 aromatic heterocycles. The molecule has 1 amide bonds. The summed E-state index contributed by atoms with van der Waals surface area (Å²) in [5.74, 6) is -0.108. The van der Waals surface area contributed by atoms with Gasteiger partial charge in [0.2, 0.25) is 0 Å². The van der Waals surface area contributed by atoms with Gasteiger partial charge in [-0.1, -0.05) is 13.8 Å². The molecule has 0 spiro atoms. The van der Waals surface area contributed by atoms with E-state index in [4.69, 9.17) is 0 Å². The van der Waals surface area contributed by atoms with Crippen LogP contribution in [0, 0.1) is 5.92 Å². The highest BCUT2D eigenvalue weighted by Crippen LogP contribution is 2.17. The number of aliphatic hydroxyl groups is 1. The Hall–Kier alpha value is -1.69. The van der Waals surface area contributed by atoms with Crippen molar-refractivity contribution in [3.63, 3.8) is 0 Å². The highest BCUT2D eigenvalue weighted by Gasteiger charge is 2.28. The molecule has 2 atom stereocenters. The van der Waals surface area contributed by atoms with Gasteiger partial charge in [-0.2, -0.15) is 5.10 Å². The van der Waals surface area contributed by atoms with Gasteiger partial charge in [-0.3, -0.25) is 9.59 Å². The monoisotopic (exact) mass is 279 g/mol. The Morgan fingerprint density at radius 2 is 2.25 bits per heavy atom. The highest BCUT2D eigenvalue weighted by atomic mass is 16.3. The van der Waals surface area contributed by atoms with E-state index < -0.39 is 0 Å². The molecule has 0 radical (unpaired) electrons. The largest absolute Gasteiger partial charge is 0.393 e. The van der Waals surface area contributed by atoms with Gasteiger partial charge in [0, 0.05) is 25.7 Å². The van der Waals surface area contributed by atoms with E-state index in [1.807, 2.05) is 13.8 Å². The van der Waals surface area contributed by atoms with Gasteiger partial charge in [-0.05, 0) is 24.8 Å². The molecule has 1 saturated heterocycles. The van der Waals surface area contributed by atoms with Gasteiger partial charge in [-0.25, -0.2) is 4.68 Å². The first-order valence-corrected chi connectivity index (χ1v) is 7.08. The van der Waals surface area contributed by atoms with E-state index >= 15 is 0 Å². The van der Waals surface area contributed by atoms with Crippen molar-refractivity contribution in [2.75, 3.05) is 13.1 Å². The molecule has 1 aliphatic rings. The second-order valence-electron chi connectivity index (χ2n) is 5.36. The van der Waals surface area contributed by atoms with Crippen LogP contribution in [-0.4, -0.2) is 44.9 Å². The van der Waals surface area contributed by atoms with Gasteiger partial charge in [0.05, 0.1) is 6.10 Å². The van der Waals surface area contributed by atoms with Crippen LogP contribution in [-0.2, 0) is 6.54 Å². The molecule has 6 heteroatoms. The van der Waals surface area contributed by atoms with Crippen LogP contribution in [0.1, 0.15) is 37.2 Å². The number of carbonyl (C=O) groups is 1. The Morgan fingerprint density at radius 1 is 1.50 bits per heavy atom. The molecule has 0 aromatic carbocycles. The van der Waals surface area contributed by atoms with Crippen molar-refractivity contribution in [2.45, 2.75) is 39.3 Å². The Kier molecular flexibility index (Phi) is 4.54. The van der Waals surface area contributed by atoms with Gasteiger partial charge < -0.3 is 10.0 Å². The maximum Gasteiger partial charge on any atom is 0.274 e. The molecule has 0 saturated carbocycles. The molecule has 2 unspecified atom stereocenters. The zero-order valence-corrected chi connectivity index (χ0v) is 12.0. The summed E-state index contributed by atoms with van der Waals surface area (Å²) < 4.78 is 1.33. The lowest BCUT2D eigenvalue weighted by Crippen LogP contribution is -2.45. The second kappa shape index (κ2) is 6.17. The fourth-order valence-electron chi connectivity index (χ4n) is 2.41. The van der Waals surface area contributed by atoms with Crippen LogP contribution in [0.4, 0.5) is 0 Å². The van der Waals surface area contributed by atoms with E-state index in [1.54, 1.807) is 4.90 Å². The van der Waals surface area contributed by atoms with E-state index in [1.165, 1.54) is 16.8 Å². The zero-order chi connectivity index (χ0) is 14.7. The third-order valence-electron chi connectivity index (χ3n) is 3.67. The van der Waals surface area contributed by atoms with E-state index in [2.05, 4.69) is 5.10 Å². The van der Waals surface area contributed by atoms with Gasteiger partial charge in [-0.15, -0.1) is 0 Å². The SMILES string of the molecule is CCCn1nc(C(=O)N2CCC(O)C(C)C2)ccc1=O. The number of hydrogen-bond acceptors (Lipinski definition) is 4. The summed E-state index contributed by atoms with van der Waals surface area (Å²) in [7, 11) is 0. The number of amides is 1. The number of hydrogen-bond donors (Lipinski definition) is 1. The first-order chi connectivity index (χ1) is 9.52. The van der Waals surface area contributed by atoms with Crippen molar-refractivity contribution >= 4 is 5.91 Å². The molecule has 0 aliphatic carbocycles. The smallest absolute Gasteiger partial charge is 0.274 e. The number of aromatic nitrogens is 2. The molecule has 6 nitrogen and oxygen atoms in total. The number of rotatable bonds is 3. The predicted octanol–water partition coefficient (Wildman–Crippen LogP) is 0.496. The van der Waals surface area contributed by atoms with Crippen molar-refractivity contribution in [3.8, 4) is 0 Å². The van der Waals surface area contributed by atoms with Crippen molar-refractivity contribution in [1.82, 2.24) is 14.7 Å². The van der Waals surface area contributed by atoms with Crippen LogP contribution >= 0.6 is 0 Å². The maximum absolute atomic E-state index is 12.4. The number of nitrogens with zero attached hydrogens (tertiary/aromatic N) is 3. The molecular formula is C14H21N3O3. The van der Waals surface area contributed by atoms with Crippen LogP contribution in [0.15, 0.2) is 16.9 Å².